The Balaban J connectivity index is 1.95. The number of benzene rings is 1. The number of aliphatic imine (C=N–C) groups is 1. The molecule has 1 N–H and O–H groups in total. The summed E-state index contributed by atoms with van der Waals surface area (Å²) in [6.07, 6.45) is 2.32. The van der Waals surface area contributed by atoms with E-state index in [-0.39, 0.29) is 22.6 Å². The molecule has 1 aromatic carbocycles. The molecule has 1 aliphatic heterocycles. The summed E-state index contributed by atoms with van der Waals surface area (Å²) < 4.78 is 13.1. The van der Waals surface area contributed by atoms with Gasteiger partial charge >= 0.3 is 5.97 Å². The lowest BCUT2D eigenvalue weighted by Gasteiger charge is -2.40. The summed E-state index contributed by atoms with van der Waals surface area (Å²) >= 11 is 3.51. The minimum absolute atomic E-state index is 0.0151. The van der Waals surface area contributed by atoms with Gasteiger partial charge in [0, 0.05) is 12.1 Å². The number of carboxylic acid groups (broad SMARTS) is 1. The highest BCUT2D eigenvalue weighted by Crippen LogP contribution is 2.48. The SMILES string of the molecule is COc1cc(C2C3C(=O)CC(C)(C)CC3=Nc3c(C(=O)O)cnn32)cc(Br)c1OC. The Kier molecular flexibility index (Phi) is 4.96. The van der Waals surface area contributed by atoms with Crippen LogP contribution in [0.5, 0.6) is 11.5 Å². The molecule has 2 aliphatic rings. The molecule has 158 valence electrons. The molecule has 0 bridgehead atoms. The number of rotatable bonds is 4. The molecule has 30 heavy (non-hydrogen) atoms. The van der Waals surface area contributed by atoms with Gasteiger partial charge in [-0.25, -0.2) is 14.5 Å². The third-order valence-corrected chi connectivity index (χ3v) is 6.23. The number of ketones is 1. The number of carboxylic acids is 1. The highest BCUT2D eigenvalue weighted by atomic mass is 79.9. The quantitative estimate of drug-likeness (QED) is 0.715. The molecular formula is C21H22BrN3O5. The molecule has 1 fully saturated rings. The van der Waals surface area contributed by atoms with E-state index in [1.807, 2.05) is 19.9 Å². The van der Waals surface area contributed by atoms with Gasteiger partial charge in [-0.1, -0.05) is 13.8 Å². The number of fused-ring (bicyclic) bond motifs is 2. The number of nitrogens with zero attached hydrogens (tertiary/aromatic N) is 3. The first-order valence-corrected chi connectivity index (χ1v) is 10.3. The fourth-order valence-electron chi connectivity index (χ4n) is 4.44. The van der Waals surface area contributed by atoms with E-state index >= 15 is 0 Å². The van der Waals surface area contributed by atoms with Crippen molar-refractivity contribution in [3.05, 3.63) is 33.9 Å². The lowest BCUT2D eigenvalue weighted by molar-refractivity contribution is -0.124. The first-order chi connectivity index (χ1) is 14.2. The highest BCUT2D eigenvalue weighted by Gasteiger charge is 2.47. The number of hydrogen-bond donors (Lipinski definition) is 1. The number of Topliss-reactive ketones (excluding diaryl/α,β-unsaturated/α-hetero) is 1. The molecule has 2 unspecified atom stereocenters. The van der Waals surface area contributed by atoms with Crippen molar-refractivity contribution in [2.75, 3.05) is 14.2 Å². The zero-order chi connectivity index (χ0) is 21.8. The standard InChI is InChI=1S/C21H22BrN3O5/c1-21(2)7-13-16(14(26)8-21)17(25-19(24-13)11(9-23-25)20(27)28)10-5-12(22)18(30-4)15(6-10)29-3/h5-6,9,16-17H,7-8H2,1-4H3,(H,27,28). The van der Waals surface area contributed by atoms with Crippen LogP contribution >= 0.6 is 15.9 Å². The number of methoxy groups -OCH3 is 2. The van der Waals surface area contributed by atoms with Crippen molar-refractivity contribution >= 4 is 39.2 Å². The molecule has 2 aromatic rings. The average molecular weight is 476 g/mol. The minimum Gasteiger partial charge on any atom is -0.493 e. The topological polar surface area (TPSA) is 103 Å². The maximum absolute atomic E-state index is 13.2. The van der Waals surface area contributed by atoms with Gasteiger partial charge < -0.3 is 14.6 Å². The highest BCUT2D eigenvalue weighted by molar-refractivity contribution is 9.10. The van der Waals surface area contributed by atoms with Gasteiger partial charge in [0.05, 0.1) is 36.8 Å². The van der Waals surface area contributed by atoms with E-state index in [0.29, 0.717) is 34.5 Å². The van der Waals surface area contributed by atoms with E-state index in [2.05, 4.69) is 26.0 Å². The Hall–Kier alpha value is -2.68. The van der Waals surface area contributed by atoms with Gasteiger partial charge in [-0.3, -0.25) is 4.79 Å². The molecule has 4 rings (SSSR count). The van der Waals surface area contributed by atoms with Crippen LogP contribution in [0.1, 0.15) is 48.7 Å². The average Bonchev–Trinajstić information content (AvgIpc) is 3.08. The predicted molar refractivity (Wildman–Crippen MR) is 113 cm³/mol. The Morgan fingerprint density at radius 3 is 2.63 bits per heavy atom. The second kappa shape index (κ2) is 7.23. The van der Waals surface area contributed by atoms with Crippen LogP contribution in [0.25, 0.3) is 0 Å². The lowest BCUT2D eigenvalue weighted by atomic mass is 9.67. The van der Waals surface area contributed by atoms with Crippen molar-refractivity contribution in [3.63, 3.8) is 0 Å². The maximum atomic E-state index is 13.2. The van der Waals surface area contributed by atoms with Crippen LogP contribution in [0, 0.1) is 11.3 Å². The van der Waals surface area contributed by atoms with Gasteiger partial charge in [0.2, 0.25) is 0 Å². The summed E-state index contributed by atoms with van der Waals surface area (Å²) in [4.78, 5) is 29.6. The van der Waals surface area contributed by atoms with Crippen LogP contribution in [-0.2, 0) is 4.79 Å². The zero-order valence-electron chi connectivity index (χ0n) is 17.1. The summed E-state index contributed by atoms with van der Waals surface area (Å²) in [5.74, 6) is -0.255. The van der Waals surface area contributed by atoms with Crippen LogP contribution in [0.4, 0.5) is 5.82 Å². The smallest absolute Gasteiger partial charge is 0.341 e. The first-order valence-electron chi connectivity index (χ1n) is 9.49. The molecule has 1 aliphatic carbocycles. The summed E-state index contributed by atoms with van der Waals surface area (Å²) in [5, 5.41) is 13.9. The van der Waals surface area contributed by atoms with Crippen LogP contribution in [0.2, 0.25) is 0 Å². The molecule has 8 nitrogen and oxygen atoms in total. The number of carbonyl (C=O) groups excluding carboxylic acids is 1. The summed E-state index contributed by atoms with van der Waals surface area (Å²) in [6.45, 7) is 4.05. The van der Waals surface area contributed by atoms with E-state index < -0.39 is 17.9 Å². The lowest BCUT2D eigenvalue weighted by Crippen LogP contribution is -2.44. The van der Waals surface area contributed by atoms with Gasteiger partial charge in [0.15, 0.2) is 17.3 Å². The van der Waals surface area contributed by atoms with E-state index in [0.717, 1.165) is 5.56 Å². The van der Waals surface area contributed by atoms with Gasteiger partial charge in [-0.15, -0.1) is 0 Å². The fraction of sp³-hybridized carbons (Fsp3) is 0.429. The monoisotopic (exact) mass is 475 g/mol. The van der Waals surface area contributed by atoms with E-state index in [9.17, 15) is 14.7 Å². The van der Waals surface area contributed by atoms with Crippen LogP contribution in [-0.4, -0.2) is 46.6 Å². The molecule has 0 radical (unpaired) electrons. The molecule has 0 amide bonds. The van der Waals surface area contributed by atoms with Crippen LogP contribution in [0.3, 0.4) is 0 Å². The predicted octanol–water partition coefficient (Wildman–Crippen LogP) is 4.04. The number of hydrogen-bond acceptors (Lipinski definition) is 6. The number of halogens is 1. The second-order valence-electron chi connectivity index (χ2n) is 8.38. The van der Waals surface area contributed by atoms with Gasteiger partial charge in [-0.05, 0) is 45.5 Å². The van der Waals surface area contributed by atoms with Crippen molar-refractivity contribution in [2.45, 2.75) is 32.7 Å². The van der Waals surface area contributed by atoms with Gasteiger partial charge in [0.25, 0.3) is 0 Å². The Morgan fingerprint density at radius 2 is 2.00 bits per heavy atom. The molecule has 0 saturated heterocycles. The van der Waals surface area contributed by atoms with Crippen molar-refractivity contribution in [1.29, 1.82) is 0 Å². The third-order valence-electron chi connectivity index (χ3n) is 5.64. The third kappa shape index (κ3) is 3.21. The van der Waals surface area contributed by atoms with Crippen molar-refractivity contribution < 1.29 is 24.2 Å². The van der Waals surface area contributed by atoms with E-state index in [1.165, 1.54) is 13.3 Å². The van der Waals surface area contributed by atoms with Crippen LogP contribution < -0.4 is 9.47 Å². The van der Waals surface area contributed by atoms with Crippen molar-refractivity contribution in [2.24, 2.45) is 16.3 Å². The molecule has 9 heteroatoms. The van der Waals surface area contributed by atoms with Crippen molar-refractivity contribution in [1.82, 2.24) is 9.78 Å². The number of aromatic carboxylic acids is 1. The van der Waals surface area contributed by atoms with Crippen molar-refractivity contribution in [3.8, 4) is 11.5 Å². The molecule has 2 heterocycles. The zero-order valence-corrected chi connectivity index (χ0v) is 18.7. The molecular weight excluding hydrogens is 454 g/mol. The second-order valence-corrected chi connectivity index (χ2v) is 9.23. The molecule has 1 aromatic heterocycles. The number of ether oxygens (including phenoxy) is 2. The Bertz CT molecular complexity index is 1090. The maximum Gasteiger partial charge on any atom is 0.341 e. The first kappa shape index (κ1) is 20.6. The largest absolute Gasteiger partial charge is 0.493 e. The van der Waals surface area contributed by atoms with Gasteiger partial charge in [-0.2, -0.15) is 5.10 Å². The Labute approximate surface area is 182 Å². The fourth-order valence-corrected chi connectivity index (χ4v) is 5.06. The minimum atomic E-state index is -1.10. The van der Waals surface area contributed by atoms with Crippen LogP contribution in [0.15, 0.2) is 27.8 Å². The van der Waals surface area contributed by atoms with E-state index in [1.54, 1.807) is 17.9 Å². The summed E-state index contributed by atoms with van der Waals surface area (Å²) in [7, 11) is 3.09. The Morgan fingerprint density at radius 1 is 1.27 bits per heavy atom. The van der Waals surface area contributed by atoms with E-state index in [4.69, 9.17) is 9.47 Å². The number of carbonyl (C=O) groups is 2. The summed E-state index contributed by atoms with van der Waals surface area (Å²) in [6, 6.07) is 3.13. The molecule has 1 saturated carbocycles. The number of aromatic nitrogens is 2. The normalized spacial score (nSPS) is 22.0. The molecule has 0 spiro atoms. The molecule has 2 atom stereocenters. The van der Waals surface area contributed by atoms with Gasteiger partial charge in [0.1, 0.15) is 11.3 Å². The summed E-state index contributed by atoms with van der Waals surface area (Å²) in [5.41, 5.74) is 1.23.